The fraction of sp³-hybridized carbons (Fsp3) is 1.00. The lowest BCUT2D eigenvalue weighted by molar-refractivity contribution is -0.0846. The molecule has 7 heavy (non-hydrogen) atoms. The molecule has 2 atom stereocenters. The Kier molecular flexibility index (Phi) is 1.27. The van der Waals surface area contributed by atoms with Crippen LogP contribution >= 0.6 is 0 Å². The predicted octanol–water partition coefficient (Wildman–Crippen LogP) is -1.08. The summed E-state index contributed by atoms with van der Waals surface area (Å²) in [5, 5.41) is 11.4. The van der Waals surface area contributed by atoms with Gasteiger partial charge in [0.25, 0.3) is 0 Å². The molecule has 1 aliphatic rings. The van der Waals surface area contributed by atoms with E-state index in [1.165, 1.54) is 0 Å². The van der Waals surface area contributed by atoms with Crippen LogP contribution in [0.5, 0.6) is 0 Å². The van der Waals surface area contributed by atoms with Gasteiger partial charge < -0.3 is 9.84 Å². The van der Waals surface area contributed by atoms with Gasteiger partial charge in [0.05, 0.1) is 0 Å². The van der Waals surface area contributed by atoms with E-state index in [0.717, 1.165) is 6.54 Å². The standard InChI is InChI=1S/C4H9NO2/c1-7-3-2-5-4(3)6/h3-6H,2H2,1H3. The van der Waals surface area contributed by atoms with E-state index in [9.17, 15) is 0 Å². The largest absolute Gasteiger partial charge is 0.376 e. The number of hydrogen-bond acceptors (Lipinski definition) is 3. The summed E-state index contributed by atoms with van der Waals surface area (Å²) < 4.78 is 4.79. The molecule has 0 radical (unpaired) electrons. The second-order valence-electron chi connectivity index (χ2n) is 1.63. The van der Waals surface area contributed by atoms with Gasteiger partial charge in [-0.2, -0.15) is 0 Å². The van der Waals surface area contributed by atoms with Crippen LogP contribution in [0.25, 0.3) is 0 Å². The van der Waals surface area contributed by atoms with Gasteiger partial charge >= 0.3 is 0 Å². The Hall–Kier alpha value is -0.120. The summed E-state index contributed by atoms with van der Waals surface area (Å²) in [6, 6.07) is 0. The molecule has 0 aromatic heterocycles. The highest BCUT2D eigenvalue weighted by Crippen LogP contribution is 2.02. The van der Waals surface area contributed by atoms with E-state index in [0.29, 0.717) is 0 Å². The lowest BCUT2D eigenvalue weighted by atomic mass is 10.2. The minimum atomic E-state index is -0.426. The van der Waals surface area contributed by atoms with Crippen LogP contribution in [0.15, 0.2) is 0 Å². The topological polar surface area (TPSA) is 41.5 Å². The van der Waals surface area contributed by atoms with Crippen LogP contribution in [0.3, 0.4) is 0 Å². The summed E-state index contributed by atoms with van der Waals surface area (Å²) in [5.74, 6) is 0. The van der Waals surface area contributed by atoms with E-state index in [-0.39, 0.29) is 6.10 Å². The molecule has 0 saturated carbocycles. The molecule has 1 aliphatic heterocycles. The number of hydrogen-bond donors (Lipinski definition) is 2. The van der Waals surface area contributed by atoms with Crippen molar-refractivity contribution >= 4 is 0 Å². The fourth-order valence-corrected chi connectivity index (χ4v) is 0.532. The zero-order valence-corrected chi connectivity index (χ0v) is 4.22. The number of ether oxygens (including phenoxy) is 1. The molecule has 2 N–H and O–H groups in total. The van der Waals surface area contributed by atoms with Crippen molar-refractivity contribution in [1.82, 2.24) is 5.32 Å². The van der Waals surface area contributed by atoms with Gasteiger partial charge in [0.2, 0.25) is 0 Å². The van der Waals surface area contributed by atoms with Gasteiger partial charge in [0.15, 0.2) is 0 Å². The molecule has 2 unspecified atom stereocenters. The first kappa shape index (κ1) is 5.03. The van der Waals surface area contributed by atoms with Gasteiger partial charge in [-0.05, 0) is 0 Å². The molecule has 3 nitrogen and oxygen atoms in total. The van der Waals surface area contributed by atoms with Crippen LogP contribution in [-0.2, 0) is 4.74 Å². The SMILES string of the molecule is COC1CNC1O. The van der Waals surface area contributed by atoms with Crippen LogP contribution in [0.2, 0.25) is 0 Å². The minimum absolute atomic E-state index is 0.0278. The number of nitrogens with one attached hydrogen (secondary N) is 1. The molecule has 42 valence electrons. The lowest BCUT2D eigenvalue weighted by Crippen LogP contribution is -2.57. The van der Waals surface area contributed by atoms with Gasteiger partial charge in [0, 0.05) is 13.7 Å². The summed E-state index contributed by atoms with van der Waals surface area (Å²) in [4.78, 5) is 0. The highest BCUT2D eigenvalue weighted by molar-refractivity contribution is 4.79. The summed E-state index contributed by atoms with van der Waals surface area (Å²) in [6.07, 6.45) is -0.398. The second-order valence-corrected chi connectivity index (χ2v) is 1.63. The monoisotopic (exact) mass is 103 g/mol. The Labute approximate surface area is 42.3 Å². The average molecular weight is 103 g/mol. The summed E-state index contributed by atoms with van der Waals surface area (Å²) in [5.41, 5.74) is 0. The molecular formula is C4H9NO2. The minimum Gasteiger partial charge on any atom is -0.376 e. The van der Waals surface area contributed by atoms with Gasteiger partial charge in [-0.15, -0.1) is 0 Å². The molecule has 3 heteroatoms. The molecule has 0 amide bonds. The Morgan fingerprint density at radius 2 is 2.57 bits per heavy atom. The molecule has 1 rings (SSSR count). The first-order valence-corrected chi connectivity index (χ1v) is 2.29. The van der Waals surface area contributed by atoms with Gasteiger partial charge in [-0.1, -0.05) is 0 Å². The first-order chi connectivity index (χ1) is 3.34. The van der Waals surface area contributed by atoms with Crippen molar-refractivity contribution in [3.8, 4) is 0 Å². The molecule has 0 bridgehead atoms. The predicted molar refractivity (Wildman–Crippen MR) is 24.8 cm³/mol. The van der Waals surface area contributed by atoms with E-state index >= 15 is 0 Å². The molecule has 1 saturated heterocycles. The van der Waals surface area contributed by atoms with Crippen molar-refractivity contribution in [2.75, 3.05) is 13.7 Å². The number of rotatable bonds is 1. The van der Waals surface area contributed by atoms with E-state index in [4.69, 9.17) is 9.84 Å². The van der Waals surface area contributed by atoms with Gasteiger partial charge in [-0.3, -0.25) is 5.32 Å². The van der Waals surface area contributed by atoms with Crippen LogP contribution in [0, 0.1) is 0 Å². The van der Waals surface area contributed by atoms with E-state index in [2.05, 4.69) is 5.32 Å². The molecule has 1 heterocycles. The van der Waals surface area contributed by atoms with E-state index < -0.39 is 6.23 Å². The number of methoxy groups -OCH3 is 1. The smallest absolute Gasteiger partial charge is 0.132 e. The summed E-state index contributed by atoms with van der Waals surface area (Å²) in [7, 11) is 1.59. The Bertz CT molecular complexity index is 64.7. The maximum atomic E-state index is 8.67. The quantitative estimate of drug-likeness (QED) is 0.443. The number of aliphatic hydroxyl groups is 1. The van der Waals surface area contributed by atoms with Gasteiger partial charge in [0.1, 0.15) is 12.3 Å². The first-order valence-electron chi connectivity index (χ1n) is 2.29. The molecule has 0 spiro atoms. The fourth-order valence-electron chi connectivity index (χ4n) is 0.532. The van der Waals surface area contributed by atoms with Crippen LogP contribution in [0.4, 0.5) is 0 Å². The zero-order valence-electron chi connectivity index (χ0n) is 4.22. The third-order valence-electron chi connectivity index (χ3n) is 1.18. The molecule has 0 aliphatic carbocycles. The zero-order chi connectivity index (χ0) is 5.28. The Balaban J connectivity index is 2.16. The van der Waals surface area contributed by atoms with Crippen LogP contribution in [0.1, 0.15) is 0 Å². The van der Waals surface area contributed by atoms with Crippen molar-refractivity contribution < 1.29 is 9.84 Å². The van der Waals surface area contributed by atoms with Crippen LogP contribution < -0.4 is 5.32 Å². The third kappa shape index (κ3) is 0.748. The molecule has 0 aromatic carbocycles. The number of aliphatic hydroxyl groups excluding tert-OH is 1. The maximum absolute atomic E-state index is 8.67. The van der Waals surface area contributed by atoms with E-state index in [1.54, 1.807) is 7.11 Å². The highest BCUT2D eigenvalue weighted by atomic mass is 16.5. The maximum Gasteiger partial charge on any atom is 0.132 e. The average Bonchev–Trinajstić information content (AvgIpc) is 1.65. The summed E-state index contributed by atoms with van der Waals surface area (Å²) in [6.45, 7) is 0.775. The molecule has 0 aromatic rings. The highest BCUT2D eigenvalue weighted by Gasteiger charge is 2.26. The second kappa shape index (κ2) is 1.78. The normalized spacial score (nSPS) is 40.3. The van der Waals surface area contributed by atoms with Gasteiger partial charge in [-0.25, -0.2) is 0 Å². The Morgan fingerprint density at radius 1 is 1.86 bits per heavy atom. The lowest BCUT2D eigenvalue weighted by Gasteiger charge is -2.31. The summed E-state index contributed by atoms with van der Waals surface area (Å²) >= 11 is 0. The van der Waals surface area contributed by atoms with Crippen molar-refractivity contribution in [3.05, 3.63) is 0 Å². The third-order valence-corrected chi connectivity index (χ3v) is 1.18. The molecule has 1 fully saturated rings. The van der Waals surface area contributed by atoms with Crippen molar-refractivity contribution in [1.29, 1.82) is 0 Å². The van der Waals surface area contributed by atoms with Crippen LogP contribution in [-0.4, -0.2) is 31.1 Å². The molecular weight excluding hydrogens is 94.0 g/mol. The van der Waals surface area contributed by atoms with E-state index in [1.807, 2.05) is 0 Å². The Morgan fingerprint density at radius 3 is 2.57 bits per heavy atom. The van der Waals surface area contributed by atoms with Crippen molar-refractivity contribution in [2.24, 2.45) is 0 Å². The van der Waals surface area contributed by atoms with Crippen molar-refractivity contribution in [2.45, 2.75) is 12.3 Å². The van der Waals surface area contributed by atoms with Crippen molar-refractivity contribution in [3.63, 3.8) is 0 Å².